The molecule has 0 aliphatic heterocycles. The number of hydrogen-bond acceptors (Lipinski definition) is 6. The minimum Gasteiger partial charge on any atom is -0.493 e. The molecular formula is C30H30O7. The van der Waals surface area contributed by atoms with Crippen molar-refractivity contribution in [2.45, 2.75) is 20.0 Å². The first-order valence-electron chi connectivity index (χ1n) is 11.7. The van der Waals surface area contributed by atoms with Crippen molar-refractivity contribution in [3.05, 3.63) is 82.4 Å². The first-order valence-corrected chi connectivity index (χ1v) is 11.7. The number of aliphatic carboxylic acids is 1. The Morgan fingerprint density at radius 1 is 0.811 bits per heavy atom. The highest BCUT2D eigenvalue weighted by Crippen LogP contribution is 2.48. The molecule has 3 aromatic rings. The maximum Gasteiger partial charge on any atom is 0.307 e. The van der Waals surface area contributed by atoms with Crippen LogP contribution < -0.4 is 23.7 Å². The summed E-state index contributed by atoms with van der Waals surface area (Å²) >= 11 is 0. The second kappa shape index (κ2) is 11.1. The molecule has 192 valence electrons. The van der Waals surface area contributed by atoms with E-state index in [4.69, 9.17) is 23.7 Å². The second-order valence-electron chi connectivity index (χ2n) is 8.51. The Labute approximate surface area is 216 Å². The van der Waals surface area contributed by atoms with Gasteiger partial charge in [-0.3, -0.25) is 4.79 Å². The molecule has 3 aromatic carbocycles. The van der Waals surface area contributed by atoms with Gasteiger partial charge in [0, 0.05) is 0 Å². The Morgan fingerprint density at radius 3 is 1.92 bits per heavy atom. The average molecular weight is 503 g/mol. The molecule has 0 unspecified atom stereocenters. The number of rotatable bonds is 10. The minimum absolute atomic E-state index is 0.107. The summed E-state index contributed by atoms with van der Waals surface area (Å²) in [5, 5.41) is 9.56. The summed E-state index contributed by atoms with van der Waals surface area (Å²) in [5.41, 5.74) is 6.00. The SMILES string of the molecule is COc1cc2c(cc1OC)/C(=C\c1cc(OC)c(OCc3ccccc3)c(OC)c1)C(C)=C2CC(=O)O. The molecule has 7 nitrogen and oxygen atoms in total. The first kappa shape index (κ1) is 25.7. The standard InChI is InChI=1S/C30H30O7/c1-18-21(23-14-25(33-2)26(34-3)15-24(23)22(18)16-29(31)32)11-20-12-27(35-4)30(28(13-20)36-5)37-17-19-9-7-6-8-10-19/h6-15H,16-17H2,1-5H3,(H,31,32)/b21-11-. The molecule has 37 heavy (non-hydrogen) atoms. The van der Waals surface area contributed by atoms with E-state index < -0.39 is 5.97 Å². The summed E-state index contributed by atoms with van der Waals surface area (Å²) < 4.78 is 28.4. The maximum atomic E-state index is 11.7. The van der Waals surface area contributed by atoms with Crippen molar-refractivity contribution >= 4 is 23.2 Å². The average Bonchev–Trinajstić information content (AvgIpc) is 3.15. The summed E-state index contributed by atoms with van der Waals surface area (Å²) in [4.78, 5) is 11.7. The van der Waals surface area contributed by atoms with Crippen LogP contribution in [0.2, 0.25) is 0 Å². The molecule has 0 atom stereocenters. The summed E-state index contributed by atoms with van der Waals surface area (Å²) in [6.07, 6.45) is 1.88. The van der Waals surface area contributed by atoms with E-state index in [0.29, 0.717) is 35.4 Å². The molecule has 1 N–H and O–H groups in total. The van der Waals surface area contributed by atoms with Crippen molar-refractivity contribution in [1.29, 1.82) is 0 Å². The van der Waals surface area contributed by atoms with E-state index in [9.17, 15) is 9.90 Å². The first-order chi connectivity index (χ1) is 17.9. The maximum absolute atomic E-state index is 11.7. The number of hydrogen-bond donors (Lipinski definition) is 1. The van der Waals surface area contributed by atoms with Gasteiger partial charge in [0.1, 0.15) is 6.61 Å². The molecular weight excluding hydrogens is 472 g/mol. The third-order valence-electron chi connectivity index (χ3n) is 6.34. The Balaban J connectivity index is 1.80. The van der Waals surface area contributed by atoms with E-state index in [1.54, 1.807) is 28.4 Å². The van der Waals surface area contributed by atoms with Crippen LogP contribution in [0, 0.1) is 0 Å². The third-order valence-corrected chi connectivity index (χ3v) is 6.34. The van der Waals surface area contributed by atoms with Crippen LogP contribution in [0.5, 0.6) is 28.7 Å². The van der Waals surface area contributed by atoms with Gasteiger partial charge in [-0.2, -0.15) is 0 Å². The van der Waals surface area contributed by atoms with E-state index >= 15 is 0 Å². The monoisotopic (exact) mass is 502 g/mol. The molecule has 0 aromatic heterocycles. The predicted molar refractivity (Wildman–Crippen MR) is 143 cm³/mol. The lowest BCUT2D eigenvalue weighted by Crippen LogP contribution is -2.00. The molecule has 0 saturated heterocycles. The molecule has 0 fully saturated rings. The van der Waals surface area contributed by atoms with Gasteiger partial charge >= 0.3 is 5.97 Å². The summed E-state index contributed by atoms with van der Waals surface area (Å²) in [6, 6.07) is 17.3. The Kier molecular flexibility index (Phi) is 7.72. The normalized spacial score (nSPS) is 13.4. The lowest BCUT2D eigenvalue weighted by Gasteiger charge is -2.16. The highest BCUT2D eigenvalue weighted by Gasteiger charge is 2.28. The van der Waals surface area contributed by atoms with Crippen molar-refractivity contribution in [3.8, 4) is 28.7 Å². The van der Waals surface area contributed by atoms with Crippen molar-refractivity contribution in [1.82, 2.24) is 0 Å². The van der Waals surface area contributed by atoms with Gasteiger partial charge < -0.3 is 28.8 Å². The highest BCUT2D eigenvalue weighted by atomic mass is 16.5. The zero-order chi connectivity index (χ0) is 26.5. The molecule has 0 radical (unpaired) electrons. The number of benzene rings is 3. The lowest BCUT2D eigenvalue weighted by molar-refractivity contribution is -0.135. The van der Waals surface area contributed by atoms with Crippen LogP contribution in [-0.4, -0.2) is 39.5 Å². The topological polar surface area (TPSA) is 83.5 Å². The highest BCUT2D eigenvalue weighted by molar-refractivity contribution is 6.08. The van der Waals surface area contributed by atoms with Crippen molar-refractivity contribution < 1.29 is 33.6 Å². The van der Waals surface area contributed by atoms with Crippen LogP contribution in [0.1, 0.15) is 35.6 Å². The largest absolute Gasteiger partial charge is 0.493 e. The van der Waals surface area contributed by atoms with Crippen LogP contribution in [0.3, 0.4) is 0 Å². The molecule has 0 heterocycles. The van der Waals surface area contributed by atoms with Gasteiger partial charge in [0.2, 0.25) is 5.75 Å². The van der Waals surface area contributed by atoms with Gasteiger partial charge in [-0.15, -0.1) is 0 Å². The zero-order valence-electron chi connectivity index (χ0n) is 21.6. The van der Waals surface area contributed by atoms with Gasteiger partial charge in [-0.25, -0.2) is 0 Å². The molecule has 0 spiro atoms. The summed E-state index contributed by atoms with van der Waals surface area (Å²) in [5.74, 6) is 1.77. The number of allylic oxidation sites excluding steroid dienone is 2. The van der Waals surface area contributed by atoms with E-state index in [1.807, 2.05) is 67.6 Å². The molecule has 1 aliphatic rings. The van der Waals surface area contributed by atoms with Gasteiger partial charge in [-0.05, 0) is 76.2 Å². The summed E-state index contributed by atoms with van der Waals surface area (Å²) in [7, 11) is 6.30. The Bertz CT molecular complexity index is 1350. The fourth-order valence-electron chi connectivity index (χ4n) is 4.51. The van der Waals surface area contributed by atoms with E-state index in [-0.39, 0.29) is 6.42 Å². The molecule has 0 amide bonds. The lowest BCUT2D eigenvalue weighted by atomic mass is 9.99. The molecule has 7 heteroatoms. The third kappa shape index (κ3) is 5.26. The van der Waals surface area contributed by atoms with E-state index in [1.165, 1.54) is 0 Å². The number of ether oxygens (including phenoxy) is 5. The quantitative estimate of drug-likeness (QED) is 0.358. The van der Waals surface area contributed by atoms with Crippen LogP contribution in [0.15, 0.2) is 60.2 Å². The fraction of sp³-hybridized carbons (Fsp3) is 0.233. The van der Waals surface area contributed by atoms with E-state index in [2.05, 4.69) is 0 Å². The molecule has 4 rings (SSSR count). The predicted octanol–water partition coefficient (Wildman–Crippen LogP) is 6.10. The van der Waals surface area contributed by atoms with Gasteiger partial charge in [0.25, 0.3) is 0 Å². The molecule has 0 saturated carbocycles. The summed E-state index contributed by atoms with van der Waals surface area (Å²) in [6.45, 7) is 2.29. The van der Waals surface area contributed by atoms with Gasteiger partial charge in [-0.1, -0.05) is 30.3 Å². The number of fused-ring (bicyclic) bond motifs is 1. The van der Waals surface area contributed by atoms with Crippen molar-refractivity contribution in [3.63, 3.8) is 0 Å². The molecule has 0 bridgehead atoms. The van der Waals surface area contributed by atoms with E-state index in [0.717, 1.165) is 39.0 Å². The van der Waals surface area contributed by atoms with Crippen LogP contribution >= 0.6 is 0 Å². The van der Waals surface area contributed by atoms with Crippen molar-refractivity contribution in [2.24, 2.45) is 0 Å². The van der Waals surface area contributed by atoms with Crippen LogP contribution in [0.25, 0.3) is 17.2 Å². The molecule has 1 aliphatic carbocycles. The van der Waals surface area contributed by atoms with Crippen LogP contribution in [0.4, 0.5) is 0 Å². The Hall–Kier alpha value is -4.39. The van der Waals surface area contributed by atoms with Gasteiger partial charge in [0.15, 0.2) is 23.0 Å². The second-order valence-corrected chi connectivity index (χ2v) is 8.51. The zero-order valence-corrected chi connectivity index (χ0v) is 21.6. The van der Waals surface area contributed by atoms with Crippen molar-refractivity contribution in [2.75, 3.05) is 28.4 Å². The van der Waals surface area contributed by atoms with Crippen LogP contribution in [-0.2, 0) is 11.4 Å². The number of carboxylic acids is 1. The fourth-order valence-corrected chi connectivity index (χ4v) is 4.51. The smallest absolute Gasteiger partial charge is 0.307 e. The number of methoxy groups -OCH3 is 4. The van der Waals surface area contributed by atoms with Gasteiger partial charge in [0.05, 0.1) is 34.9 Å². The Morgan fingerprint density at radius 2 is 1.38 bits per heavy atom. The minimum atomic E-state index is -0.903. The number of carboxylic acid groups (broad SMARTS) is 1. The number of carbonyl (C=O) groups is 1.